The molecule has 9 nitrogen and oxygen atoms in total. The molecule has 24 heavy (non-hydrogen) atoms. The fourth-order valence-corrected chi connectivity index (χ4v) is 1.82. The maximum Gasteiger partial charge on any atom is 0.183 e. The molecule has 0 spiro atoms. The number of para-hydroxylation sites is 2. The highest BCUT2D eigenvalue weighted by molar-refractivity contribution is 5.86. The monoisotopic (exact) mass is 334 g/mol. The Morgan fingerprint density at radius 1 is 1.21 bits per heavy atom. The number of carbonyl (C=O) groups is 1. The summed E-state index contributed by atoms with van der Waals surface area (Å²) in [6, 6.07) is 7.45. The van der Waals surface area contributed by atoms with Gasteiger partial charge in [0, 0.05) is 6.20 Å². The van der Waals surface area contributed by atoms with Crippen LogP contribution in [0.2, 0.25) is 0 Å². The third-order valence-corrected chi connectivity index (χ3v) is 3.43. The molecule has 2 heterocycles. The first-order valence-electron chi connectivity index (χ1n) is 7.04. The lowest BCUT2D eigenvalue weighted by molar-refractivity contribution is -0.959. The Hall–Kier alpha value is -2.59. The first kappa shape index (κ1) is 17.8. The van der Waals surface area contributed by atoms with Gasteiger partial charge in [-0.25, -0.2) is 4.98 Å². The van der Waals surface area contributed by atoms with Gasteiger partial charge in [-0.15, -0.1) is 0 Å². The van der Waals surface area contributed by atoms with E-state index in [0.29, 0.717) is 5.65 Å². The Morgan fingerprint density at radius 3 is 2.38 bits per heavy atom. The average molecular weight is 334 g/mol. The molecule has 0 saturated carbocycles. The molecule has 1 aromatic carbocycles. The predicted octanol–water partition coefficient (Wildman–Crippen LogP) is -1.47. The summed E-state index contributed by atoms with van der Waals surface area (Å²) in [5.74, 6) is -1.28. The molecule has 0 saturated heterocycles. The van der Waals surface area contributed by atoms with Crippen molar-refractivity contribution in [3.8, 4) is 0 Å². The van der Waals surface area contributed by atoms with Crippen molar-refractivity contribution in [2.24, 2.45) is 0 Å². The molecule has 0 aliphatic heterocycles. The van der Waals surface area contributed by atoms with Crippen LogP contribution in [0.1, 0.15) is 10.5 Å². The van der Waals surface area contributed by atoms with Crippen LogP contribution < -0.4 is 5.11 Å². The third kappa shape index (κ3) is 3.66. The van der Waals surface area contributed by atoms with E-state index >= 15 is 0 Å². The number of aromatic carboxylic acids is 1. The molecule has 3 N–H and O–H groups in total. The summed E-state index contributed by atoms with van der Waals surface area (Å²) >= 11 is 0. The van der Waals surface area contributed by atoms with E-state index in [1.165, 1.54) is 12.4 Å². The summed E-state index contributed by atoms with van der Waals surface area (Å²) in [7, 11) is 1.54. The lowest BCUT2D eigenvalue weighted by Crippen LogP contribution is -2.46. The topological polar surface area (TPSA) is 131 Å². The number of aliphatic hydroxyl groups excluding tert-OH is 3. The van der Waals surface area contributed by atoms with Crippen molar-refractivity contribution in [2.75, 3.05) is 27.2 Å². The number of aromatic nitrogens is 3. The number of fused-ring (bicyclic) bond motifs is 3. The van der Waals surface area contributed by atoms with Crippen LogP contribution in [-0.2, 0) is 0 Å². The van der Waals surface area contributed by atoms with E-state index in [0.717, 1.165) is 11.0 Å². The number of rotatable bonds is 4. The number of carbonyl (C=O) groups excluding carboxylic acids is 1. The summed E-state index contributed by atoms with van der Waals surface area (Å²) in [5.41, 5.74) is 2.02. The largest absolute Gasteiger partial charge is 0.543 e. The number of hydrogen-bond acceptors (Lipinski definition) is 7. The molecule has 0 fully saturated rings. The molecule has 0 aliphatic carbocycles. The Bertz CT molecular complexity index is 836. The second-order valence-corrected chi connectivity index (χ2v) is 5.43. The molecule has 0 radical (unpaired) electrons. The van der Waals surface area contributed by atoms with Gasteiger partial charge in [-0.1, -0.05) is 12.1 Å². The van der Waals surface area contributed by atoms with E-state index < -0.39 is 5.97 Å². The van der Waals surface area contributed by atoms with Gasteiger partial charge >= 0.3 is 0 Å². The van der Waals surface area contributed by atoms with E-state index in [-0.39, 0.29) is 30.4 Å². The zero-order valence-electron chi connectivity index (χ0n) is 13.0. The van der Waals surface area contributed by atoms with Crippen LogP contribution in [0, 0.1) is 0 Å². The van der Waals surface area contributed by atoms with Crippen molar-refractivity contribution in [3.63, 3.8) is 0 Å². The van der Waals surface area contributed by atoms with Crippen LogP contribution >= 0.6 is 0 Å². The third-order valence-electron chi connectivity index (χ3n) is 3.43. The molecule has 3 rings (SSSR count). The van der Waals surface area contributed by atoms with Gasteiger partial charge in [-0.05, 0) is 12.1 Å². The Balaban J connectivity index is 0.000000224. The minimum atomic E-state index is -1.28. The quantitative estimate of drug-likeness (QED) is 0.392. The SMILES string of the molecule is C[N+](CO)(CO)CO.O=C([O-])c1cn2c(cnc3ccccc32)n1. The van der Waals surface area contributed by atoms with Gasteiger partial charge in [0.1, 0.15) is 5.69 Å². The van der Waals surface area contributed by atoms with Crippen LogP contribution in [0.5, 0.6) is 0 Å². The Kier molecular flexibility index (Phi) is 5.42. The van der Waals surface area contributed by atoms with E-state index in [1.54, 1.807) is 11.4 Å². The van der Waals surface area contributed by atoms with Crippen molar-refractivity contribution < 1.29 is 29.7 Å². The number of hydrogen-bond donors (Lipinski definition) is 3. The number of imidazole rings is 1. The summed E-state index contributed by atoms with van der Waals surface area (Å²) in [5, 5.41) is 36.0. The highest BCUT2D eigenvalue weighted by Crippen LogP contribution is 2.14. The van der Waals surface area contributed by atoms with Gasteiger partial charge in [-0.3, -0.25) is 13.9 Å². The minimum Gasteiger partial charge on any atom is -0.543 e. The van der Waals surface area contributed by atoms with Gasteiger partial charge in [0.05, 0.1) is 30.2 Å². The smallest absolute Gasteiger partial charge is 0.183 e. The maximum absolute atomic E-state index is 10.7. The van der Waals surface area contributed by atoms with Crippen LogP contribution in [-0.4, -0.2) is 67.4 Å². The number of quaternary nitrogens is 1. The standard InChI is InChI=1S/C11H7N3O2.C4H12NO3/c15-11(16)8-6-14-9-4-2-1-3-7(9)12-5-10(14)13-8;1-5(2-6,3-7)4-8/h1-6H,(H,15,16);6-8H,2-4H2,1H3/q;+1/p-1. The van der Waals surface area contributed by atoms with E-state index in [9.17, 15) is 9.90 Å². The van der Waals surface area contributed by atoms with E-state index in [4.69, 9.17) is 15.3 Å². The zero-order valence-corrected chi connectivity index (χ0v) is 13.0. The Labute approximate surface area is 137 Å². The molecular weight excluding hydrogens is 316 g/mol. The van der Waals surface area contributed by atoms with Crippen molar-refractivity contribution in [3.05, 3.63) is 42.4 Å². The molecule has 0 bridgehead atoms. The lowest BCUT2D eigenvalue weighted by atomic mass is 10.3. The molecule has 0 aliphatic rings. The fraction of sp³-hybridized carbons (Fsp3) is 0.267. The fourth-order valence-electron chi connectivity index (χ4n) is 1.82. The van der Waals surface area contributed by atoms with Gasteiger partial charge in [0.25, 0.3) is 0 Å². The molecule has 3 aromatic rings. The lowest BCUT2D eigenvalue weighted by Gasteiger charge is -2.25. The molecular formula is C15H18N4O5. The minimum absolute atomic E-state index is 0.0850. The number of benzene rings is 1. The van der Waals surface area contributed by atoms with E-state index in [2.05, 4.69) is 9.97 Å². The van der Waals surface area contributed by atoms with Crippen LogP contribution in [0.15, 0.2) is 36.7 Å². The first-order valence-corrected chi connectivity index (χ1v) is 7.04. The summed E-state index contributed by atoms with van der Waals surface area (Å²) in [6.07, 6.45) is 2.98. The van der Waals surface area contributed by atoms with Crippen LogP contribution in [0.4, 0.5) is 0 Å². The number of nitrogens with zero attached hydrogens (tertiary/aromatic N) is 4. The normalized spacial score (nSPS) is 11.3. The second-order valence-electron chi connectivity index (χ2n) is 5.43. The summed E-state index contributed by atoms with van der Waals surface area (Å²) < 4.78 is 1.56. The first-order chi connectivity index (χ1) is 11.4. The molecule has 0 atom stereocenters. The van der Waals surface area contributed by atoms with Gasteiger partial charge in [-0.2, -0.15) is 0 Å². The summed E-state index contributed by atoms with van der Waals surface area (Å²) in [6.45, 7) is -0.729. The average Bonchev–Trinajstić information content (AvgIpc) is 3.07. The number of aliphatic hydroxyl groups is 3. The number of carboxylic acids is 1. The van der Waals surface area contributed by atoms with Crippen LogP contribution in [0.3, 0.4) is 0 Å². The highest BCUT2D eigenvalue weighted by Gasteiger charge is 2.15. The summed E-state index contributed by atoms with van der Waals surface area (Å²) in [4.78, 5) is 18.8. The van der Waals surface area contributed by atoms with Crippen molar-refractivity contribution >= 4 is 22.6 Å². The maximum atomic E-state index is 10.7. The predicted molar refractivity (Wildman–Crippen MR) is 82.3 cm³/mol. The highest BCUT2D eigenvalue weighted by atomic mass is 16.4. The molecule has 0 amide bonds. The molecule has 9 heteroatoms. The van der Waals surface area contributed by atoms with Gasteiger partial charge < -0.3 is 25.2 Å². The van der Waals surface area contributed by atoms with Crippen molar-refractivity contribution in [1.29, 1.82) is 0 Å². The molecule has 2 aromatic heterocycles. The molecule has 128 valence electrons. The second kappa shape index (κ2) is 7.32. The van der Waals surface area contributed by atoms with Crippen molar-refractivity contribution in [1.82, 2.24) is 14.4 Å². The van der Waals surface area contributed by atoms with Gasteiger partial charge in [0.15, 0.2) is 25.8 Å². The Morgan fingerprint density at radius 2 is 1.83 bits per heavy atom. The van der Waals surface area contributed by atoms with Crippen molar-refractivity contribution in [2.45, 2.75) is 0 Å². The number of carboxylic acid groups (broad SMARTS) is 1. The molecule has 0 unspecified atom stereocenters. The van der Waals surface area contributed by atoms with Crippen LogP contribution in [0.25, 0.3) is 16.7 Å². The van der Waals surface area contributed by atoms with E-state index in [1.807, 2.05) is 24.3 Å². The zero-order chi connectivity index (χ0) is 17.7. The van der Waals surface area contributed by atoms with Gasteiger partial charge in [0.2, 0.25) is 0 Å².